The van der Waals surface area contributed by atoms with Crippen molar-refractivity contribution in [2.45, 2.75) is 31.1 Å². The summed E-state index contributed by atoms with van der Waals surface area (Å²) in [7, 11) is -9.93. The molecule has 0 spiro atoms. The fraction of sp³-hybridized carbons (Fsp3) is 0.385. The Hall–Kier alpha value is -1.64. The van der Waals surface area contributed by atoms with E-state index in [2.05, 4.69) is 5.32 Å². The molecule has 1 amide bonds. The smallest absolute Gasteiger partial charge is 0.310 e. The van der Waals surface area contributed by atoms with Crippen LogP contribution in [-0.2, 0) is 4.79 Å². The molecule has 0 bridgehead atoms. The maximum Gasteiger partial charge on any atom is 0.310 e. The Balaban J connectivity index is 2.44. The van der Waals surface area contributed by atoms with Gasteiger partial charge in [0, 0.05) is 17.2 Å². The molecule has 0 unspecified atom stereocenters. The Kier molecular flexibility index (Phi) is 3.37. The molecule has 0 heterocycles. The van der Waals surface area contributed by atoms with Crippen molar-refractivity contribution in [3.63, 3.8) is 0 Å². The maximum absolute atomic E-state index is 12.9. The molecule has 0 aliphatic heterocycles. The van der Waals surface area contributed by atoms with E-state index in [0.717, 1.165) is 19.4 Å². The number of rotatable bonds is 4. The SMILES string of the molecule is CC(=O)c1cc(NC(=O)C2CCC2)cc(S(F)(F)(F)(F)F)c1. The summed E-state index contributed by atoms with van der Waals surface area (Å²) in [5, 5.41) is 2.18. The van der Waals surface area contributed by atoms with Gasteiger partial charge in [0.25, 0.3) is 0 Å². The van der Waals surface area contributed by atoms with Crippen molar-refractivity contribution in [3.8, 4) is 0 Å². The van der Waals surface area contributed by atoms with Crippen LogP contribution in [0.2, 0.25) is 0 Å². The second-order valence-electron chi connectivity index (χ2n) is 5.39. The van der Waals surface area contributed by atoms with Crippen LogP contribution in [0.3, 0.4) is 0 Å². The van der Waals surface area contributed by atoms with E-state index >= 15 is 0 Å². The zero-order valence-corrected chi connectivity index (χ0v) is 12.4. The largest absolute Gasteiger partial charge is 0.326 e. The van der Waals surface area contributed by atoms with E-state index in [1.165, 1.54) is 0 Å². The molecule has 3 nitrogen and oxygen atoms in total. The maximum atomic E-state index is 12.9. The molecule has 1 saturated carbocycles. The summed E-state index contributed by atoms with van der Waals surface area (Å²) in [6, 6.07) is 1.25. The van der Waals surface area contributed by atoms with Crippen molar-refractivity contribution < 1.29 is 29.0 Å². The van der Waals surface area contributed by atoms with E-state index in [4.69, 9.17) is 0 Å². The lowest BCUT2D eigenvalue weighted by Crippen LogP contribution is -2.28. The van der Waals surface area contributed by atoms with Gasteiger partial charge < -0.3 is 5.32 Å². The number of benzene rings is 1. The summed E-state index contributed by atoms with van der Waals surface area (Å²) >= 11 is 0. The predicted octanol–water partition coefficient (Wildman–Crippen LogP) is 5.29. The molecular weight excluding hydrogens is 329 g/mol. The molecule has 124 valence electrons. The average Bonchev–Trinajstić information content (AvgIpc) is 2.22. The molecule has 1 fully saturated rings. The van der Waals surface area contributed by atoms with Gasteiger partial charge >= 0.3 is 10.2 Å². The first-order valence-electron chi connectivity index (χ1n) is 6.47. The van der Waals surface area contributed by atoms with E-state index in [1.54, 1.807) is 0 Å². The first-order valence-corrected chi connectivity index (χ1v) is 8.42. The second-order valence-corrected chi connectivity index (χ2v) is 7.80. The fourth-order valence-electron chi connectivity index (χ4n) is 2.01. The Morgan fingerprint density at radius 3 is 2.09 bits per heavy atom. The molecular formula is C13H14F5NO2S. The topological polar surface area (TPSA) is 46.2 Å². The minimum atomic E-state index is -9.93. The molecule has 0 radical (unpaired) electrons. The van der Waals surface area contributed by atoms with Gasteiger partial charge in [-0.15, -0.1) is 0 Å². The van der Waals surface area contributed by atoms with E-state index in [-0.39, 0.29) is 18.1 Å². The van der Waals surface area contributed by atoms with Gasteiger partial charge in [-0.3, -0.25) is 9.59 Å². The third-order valence-corrected chi connectivity index (χ3v) is 4.63. The molecule has 1 aliphatic carbocycles. The van der Waals surface area contributed by atoms with Crippen molar-refractivity contribution in [3.05, 3.63) is 23.8 Å². The molecule has 9 heteroatoms. The number of Topliss-reactive ketones (excluding diaryl/α,β-unsaturated/α-hetero) is 1. The standard InChI is InChI=1S/C13H14F5NO2S/c1-8(20)10-5-11(19-13(21)9-3-2-4-9)7-12(6-10)22(14,15,16,17)18/h5-7,9H,2-4H2,1H3,(H,19,21). The zero-order valence-electron chi connectivity index (χ0n) is 11.5. The van der Waals surface area contributed by atoms with Crippen LogP contribution in [0.25, 0.3) is 0 Å². The lowest BCUT2D eigenvalue weighted by molar-refractivity contribution is -0.122. The highest BCUT2D eigenvalue weighted by molar-refractivity contribution is 8.45. The normalized spacial score (nSPS) is 18.8. The van der Waals surface area contributed by atoms with Gasteiger partial charge in [-0.05, 0) is 38.0 Å². The summed E-state index contributed by atoms with van der Waals surface area (Å²) in [5.74, 6) is -1.66. The molecule has 0 aromatic heterocycles. The van der Waals surface area contributed by atoms with Gasteiger partial charge in [-0.25, -0.2) is 0 Å². The van der Waals surface area contributed by atoms with Crippen LogP contribution >= 0.6 is 10.2 Å². The first kappa shape index (κ1) is 16.7. The highest BCUT2D eigenvalue weighted by atomic mass is 32.5. The van der Waals surface area contributed by atoms with Gasteiger partial charge in [0.2, 0.25) is 5.91 Å². The van der Waals surface area contributed by atoms with Crippen LogP contribution in [-0.4, -0.2) is 11.7 Å². The van der Waals surface area contributed by atoms with Crippen LogP contribution in [0.1, 0.15) is 36.5 Å². The summed E-state index contributed by atoms with van der Waals surface area (Å²) < 4.78 is 64.6. The second kappa shape index (κ2) is 4.43. The van der Waals surface area contributed by atoms with Gasteiger partial charge in [-0.1, -0.05) is 25.8 Å². The monoisotopic (exact) mass is 343 g/mol. The van der Waals surface area contributed by atoms with Gasteiger partial charge in [0.1, 0.15) is 4.90 Å². The highest BCUT2D eigenvalue weighted by Gasteiger charge is 2.65. The van der Waals surface area contributed by atoms with Crippen molar-refractivity contribution in [1.82, 2.24) is 0 Å². The Morgan fingerprint density at radius 2 is 1.68 bits per heavy atom. The summed E-state index contributed by atoms with van der Waals surface area (Å²) in [4.78, 5) is 20.8. The van der Waals surface area contributed by atoms with Crippen LogP contribution in [0.5, 0.6) is 0 Å². The Labute approximate surface area is 123 Å². The molecule has 2 rings (SSSR count). The molecule has 1 aromatic carbocycles. The minimum Gasteiger partial charge on any atom is -0.326 e. The van der Waals surface area contributed by atoms with Crippen LogP contribution in [0.15, 0.2) is 23.1 Å². The van der Waals surface area contributed by atoms with E-state index < -0.39 is 38.1 Å². The Morgan fingerprint density at radius 1 is 1.09 bits per heavy atom. The summed E-state index contributed by atoms with van der Waals surface area (Å²) in [5.41, 5.74) is -0.984. The Bertz CT molecular complexity index is 652. The number of ketones is 1. The lowest BCUT2D eigenvalue weighted by atomic mass is 9.85. The molecule has 22 heavy (non-hydrogen) atoms. The van der Waals surface area contributed by atoms with Gasteiger partial charge in [0.05, 0.1) is 0 Å². The average molecular weight is 343 g/mol. The van der Waals surface area contributed by atoms with Gasteiger partial charge in [0.15, 0.2) is 5.78 Å². The number of carbonyl (C=O) groups excluding carboxylic acids is 2. The summed E-state index contributed by atoms with van der Waals surface area (Å²) in [6.45, 7) is 0.960. The molecule has 0 atom stereocenters. The zero-order chi connectivity index (χ0) is 16.8. The van der Waals surface area contributed by atoms with E-state index in [0.29, 0.717) is 12.8 Å². The number of amides is 1. The minimum absolute atomic E-state index is 0.114. The first-order chi connectivity index (χ1) is 9.76. The van der Waals surface area contributed by atoms with Crippen molar-refractivity contribution in [2.24, 2.45) is 5.92 Å². The number of halogens is 5. The van der Waals surface area contributed by atoms with Crippen LogP contribution < -0.4 is 5.32 Å². The number of nitrogens with one attached hydrogen (secondary N) is 1. The highest BCUT2D eigenvalue weighted by Crippen LogP contribution is 3.02. The number of anilines is 1. The van der Waals surface area contributed by atoms with Crippen LogP contribution in [0, 0.1) is 5.92 Å². The predicted molar refractivity (Wildman–Crippen MR) is 73.8 cm³/mol. The van der Waals surface area contributed by atoms with Crippen LogP contribution in [0.4, 0.5) is 25.1 Å². The van der Waals surface area contributed by atoms with Crippen molar-refractivity contribution in [1.29, 1.82) is 0 Å². The van der Waals surface area contributed by atoms with E-state index in [9.17, 15) is 29.0 Å². The quantitative estimate of drug-likeness (QED) is 0.597. The van der Waals surface area contributed by atoms with Crippen molar-refractivity contribution >= 4 is 27.6 Å². The van der Waals surface area contributed by atoms with Gasteiger partial charge in [-0.2, -0.15) is 0 Å². The van der Waals surface area contributed by atoms with E-state index in [1.807, 2.05) is 0 Å². The molecule has 1 aromatic rings. The lowest BCUT2D eigenvalue weighted by Gasteiger charge is -2.40. The molecule has 1 N–H and O–H groups in total. The van der Waals surface area contributed by atoms with Crippen molar-refractivity contribution in [2.75, 3.05) is 5.32 Å². The number of hydrogen-bond donors (Lipinski definition) is 1. The summed E-state index contributed by atoms with van der Waals surface area (Å²) in [6.07, 6.45) is 2.04. The third-order valence-electron chi connectivity index (χ3n) is 3.50. The third kappa shape index (κ3) is 3.76. The number of carbonyl (C=O) groups is 2. The molecule has 1 aliphatic rings. The number of hydrogen-bond acceptors (Lipinski definition) is 2. The molecule has 0 saturated heterocycles. The fourth-order valence-corrected chi connectivity index (χ4v) is 2.71.